The molecule has 0 unspecified atom stereocenters. The number of rotatable bonds is 12. The Balaban J connectivity index is 4.19. The Labute approximate surface area is 143 Å². The Kier molecular flexibility index (Phi) is 9.92. The summed E-state index contributed by atoms with van der Waals surface area (Å²) in [6, 6.07) is 0. The molecule has 0 spiro atoms. The maximum atomic E-state index is 3.74. The second-order valence-corrected chi connectivity index (χ2v) is 23.9. The second kappa shape index (κ2) is 9.71. The van der Waals surface area contributed by atoms with Gasteiger partial charge in [-0.1, -0.05) is 58.9 Å². The molecule has 0 amide bonds. The topological polar surface area (TPSA) is 39.3 Å². The first-order valence-electron chi connectivity index (χ1n) is 8.76. The Hall–Kier alpha value is 0.491. The van der Waals surface area contributed by atoms with Crippen LogP contribution in [0.2, 0.25) is 58.9 Å². The highest BCUT2D eigenvalue weighted by atomic mass is 28.3. The van der Waals surface area contributed by atoms with Crippen LogP contribution in [0.3, 0.4) is 0 Å². The van der Waals surface area contributed by atoms with Crippen molar-refractivity contribution in [2.45, 2.75) is 58.9 Å². The van der Waals surface area contributed by atoms with Gasteiger partial charge in [0.25, 0.3) is 0 Å². The molecular formula is C15H42N4Si3. The van der Waals surface area contributed by atoms with E-state index in [1.165, 1.54) is 0 Å². The zero-order valence-electron chi connectivity index (χ0n) is 16.7. The van der Waals surface area contributed by atoms with Crippen LogP contribution in [-0.2, 0) is 0 Å². The van der Waals surface area contributed by atoms with Crippen LogP contribution in [0.15, 0.2) is 0 Å². The quantitative estimate of drug-likeness (QED) is 0.467. The molecule has 0 saturated carbocycles. The van der Waals surface area contributed by atoms with Crippen molar-refractivity contribution in [3.05, 3.63) is 0 Å². The molecule has 0 aromatic carbocycles. The van der Waals surface area contributed by atoms with Crippen molar-refractivity contribution in [1.29, 1.82) is 0 Å². The molecule has 22 heavy (non-hydrogen) atoms. The smallest absolute Gasteiger partial charge is 0.116 e. The lowest BCUT2D eigenvalue weighted by Crippen LogP contribution is -2.50. The predicted octanol–water partition coefficient (Wildman–Crippen LogP) is 2.56. The minimum atomic E-state index is -1.14. The summed E-state index contributed by atoms with van der Waals surface area (Å²) in [4.78, 5) is 13.8. The van der Waals surface area contributed by atoms with E-state index < -0.39 is 24.7 Å². The van der Waals surface area contributed by atoms with Gasteiger partial charge in [-0.15, -0.1) is 0 Å². The third kappa shape index (κ3) is 16.9. The molecule has 0 atom stereocenters. The van der Waals surface area contributed by atoms with Crippen molar-refractivity contribution in [2.75, 3.05) is 39.3 Å². The molecule has 3 N–H and O–H groups in total. The predicted molar refractivity (Wildman–Crippen MR) is 110 cm³/mol. The Morgan fingerprint density at radius 3 is 0.909 bits per heavy atom. The third-order valence-electron chi connectivity index (χ3n) is 3.25. The maximum Gasteiger partial charge on any atom is 0.116 e. The molecule has 0 fully saturated rings. The number of hydrogen-bond acceptors (Lipinski definition) is 4. The minimum absolute atomic E-state index is 1.12. The maximum absolute atomic E-state index is 3.74. The standard InChI is InChI=1S/C15H42N4Si3/c1-20(2,3)16-10-13-19(14-11-17-21(4,5)6)15-12-18-22(7,8)9/h16-18H,10-15H2,1-9H3. The van der Waals surface area contributed by atoms with Crippen molar-refractivity contribution in [2.24, 2.45) is 0 Å². The minimum Gasteiger partial charge on any atom is -0.336 e. The van der Waals surface area contributed by atoms with Gasteiger partial charge in [0.1, 0.15) is 24.7 Å². The first-order valence-corrected chi connectivity index (χ1v) is 19.3. The highest BCUT2D eigenvalue weighted by molar-refractivity contribution is 6.74. The molecule has 4 nitrogen and oxygen atoms in total. The molecular weight excluding hydrogens is 320 g/mol. The van der Waals surface area contributed by atoms with E-state index in [-0.39, 0.29) is 0 Å². The van der Waals surface area contributed by atoms with Gasteiger partial charge in [-0.05, 0) is 0 Å². The summed E-state index contributed by atoms with van der Waals surface area (Å²) in [5.74, 6) is 0. The van der Waals surface area contributed by atoms with Crippen LogP contribution in [0, 0.1) is 0 Å². The van der Waals surface area contributed by atoms with Gasteiger partial charge >= 0.3 is 0 Å². The van der Waals surface area contributed by atoms with Crippen LogP contribution in [-0.4, -0.2) is 68.9 Å². The lowest BCUT2D eigenvalue weighted by Gasteiger charge is -2.28. The number of nitrogens with zero attached hydrogens (tertiary/aromatic N) is 1. The first kappa shape index (κ1) is 22.5. The van der Waals surface area contributed by atoms with Gasteiger partial charge in [-0.2, -0.15) is 0 Å². The fourth-order valence-corrected chi connectivity index (χ4v) is 4.69. The van der Waals surface area contributed by atoms with Gasteiger partial charge in [0.05, 0.1) is 0 Å². The summed E-state index contributed by atoms with van der Waals surface area (Å²) in [5, 5.41) is 0. The van der Waals surface area contributed by atoms with E-state index in [1.807, 2.05) is 0 Å². The normalized spacial score (nSPS) is 13.9. The highest BCUT2D eigenvalue weighted by Crippen LogP contribution is 1.97. The molecule has 0 radical (unpaired) electrons. The molecule has 0 rings (SSSR count). The van der Waals surface area contributed by atoms with Crippen LogP contribution in [0.25, 0.3) is 0 Å². The van der Waals surface area contributed by atoms with Crippen LogP contribution in [0.4, 0.5) is 0 Å². The molecule has 0 aliphatic heterocycles. The molecule has 0 aromatic rings. The van der Waals surface area contributed by atoms with E-state index >= 15 is 0 Å². The van der Waals surface area contributed by atoms with Crippen molar-refractivity contribution in [3.63, 3.8) is 0 Å². The van der Waals surface area contributed by atoms with E-state index in [1.54, 1.807) is 0 Å². The highest BCUT2D eigenvalue weighted by Gasteiger charge is 2.16. The summed E-state index contributed by atoms with van der Waals surface area (Å²) in [6.45, 7) is 28.2. The van der Waals surface area contributed by atoms with Gasteiger partial charge in [-0.25, -0.2) is 0 Å². The van der Waals surface area contributed by atoms with Gasteiger partial charge < -0.3 is 14.9 Å². The van der Waals surface area contributed by atoms with Crippen LogP contribution < -0.4 is 14.9 Å². The SMILES string of the molecule is C[Si](C)(C)NCCN(CCN[Si](C)(C)C)CCN[Si](C)(C)C. The molecule has 0 aliphatic carbocycles. The van der Waals surface area contributed by atoms with Gasteiger partial charge in [0, 0.05) is 39.3 Å². The van der Waals surface area contributed by atoms with Crippen LogP contribution in [0.5, 0.6) is 0 Å². The van der Waals surface area contributed by atoms with Gasteiger partial charge in [-0.3, -0.25) is 4.90 Å². The van der Waals surface area contributed by atoms with Crippen LogP contribution in [0.1, 0.15) is 0 Å². The largest absolute Gasteiger partial charge is 0.336 e. The molecule has 7 heteroatoms. The molecule has 0 saturated heterocycles. The van der Waals surface area contributed by atoms with E-state index in [0.717, 1.165) is 39.3 Å². The monoisotopic (exact) mass is 362 g/mol. The van der Waals surface area contributed by atoms with Crippen molar-refractivity contribution in [3.8, 4) is 0 Å². The Morgan fingerprint density at radius 2 is 0.727 bits per heavy atom. The Morgan fingerprint density at radius 1 is 0.500 bits per heavy atom. The molecule has 0 aliphatic rings. The summed E-state index contributed by atoms with van der Waals surface area (Å²) in [6.07, 6.45) is 0. The lowest BCUT2D eigenvalue weighted by atomic mass is 10.4. The van der Waals surface area contributed by atoms with Crippen molar-refractivity contribution < 1.29 is 0 Å². The molecule has 0 heterocycles. The molecule has 134 valence electrons. The van der Waals surface area contributed by atoms with Crippen LogP contribution >= 0.6 is 0 Å². The van der Waals surface area contributed by atoms with E-state index in [2.05, 4.69) is 78.8 Å². The summed E-state index contributed by atoms with van der Waals surface area (Å²) >= 11 is 0. The fraction of sp³-hybridized carbons (Fsp3) is 1.00. The van der Waals surface area contributed by atoms with E-state index in [4.69, 9.17) is 0 Å². The zero-order chi connectivity index (χ0) is 17.4. The second-order valence-electron chi connectivity index (χ2n) is 9.37. The van der Waals surface area contributed by atoms with Gasteiger partial charge in [0.2, 0.25) is 0 Å². The van der Waals surface area contributed by atoms with Crippen molar-refractivity contribution in [1.82, 2.24) is 19.8 Å². The lowest BCUT2D eigenvalue weighted by molar-refractivity contribution is 0.286. The number of nitrogens with one attached hydrogen (secondary N) is 3. The zero-order valence-corrected chi connectivity index (χ0v) is 19.7. The van der Waals surface area contributed by atoms with E-state index in [0.29, 0.717) is 0 Å². The summed E-state index contributed by atoms with van der Waals surface area (Å²) < 4.78 is 0. The van der Waals surface area contributed by atoms with Crippen molar-refractivity contribution >= 4 is 24.7 Å². The van der Waals surface area contributed by atoms with Gasteiger partial charge in [0.15, 0.2) is 0 Å². The summed E-state index contributed by atoms with van der Waals surface area (Å²) in [5.41, 5.74) is 0. The molecule has 0 aromatic heterocycles. The third-order valence-corrected chi connectivity index (χ3v) is 7.18. The average Bonchev–Trinajstić information content (AvgIpc) is 2.23. The first-order chi connectivity index (χ1) is 9.79. The Bertz CT molecular complexity index is 245. The fourth-order valence-electron chi connectivity index (χ4n) is 2.10. The average molecular weight is 363 g/mol. The summed E-state index contributed by atoms with van der Waals surface area (Å²) in [7, 11) is -3.42. The molecule has 0 bridgehead atoms. The van der Waals surface area contributed by atoms with E-state index in [9.17, 15) is 0 Å². The number of hydrogen-bond donors (Lipinski definition) is 3.